The Balaban J connectivity index is 0.000000116. The first kappa shape index (κ1) is 57.8. The average molecular weight is 1580 g/mol. The summed E-state index contributed by atoms with van der Waals surface area (Å²) < 4.78 is 147. The third-order valence-electron chi connectivity index (χ3n) is 23.9. The van der Waals surface area contributed by atoms with E-state index in [9.17, 15) is 0 Å². The first-order valence-electron chi connectivity index (χ1n) is 48.4. The van der Waals surface area contributed by atoms with Crippen LogP contribution in [0.15, 0.2) is 474 Å². The Morgan fingerprint density at radius 1 is 0.138 bits per heavy atom. The summed E-state index contributed by atoms with van der Waals surface area (Å²) >= 11 is 0. The summed E-state index contributed by atoms with van der Waals surface area (Å²) in [6.07, 6.45) is 0. The summed E-state index contributed by atoms with van der Waals surface area (Å²) in [4.78, 5) is 0. The van der Waals surface area contributed by atoms with E-state index in [2.05, 4.69) is 146 Å². The summed E-state index contributed by atoms with van der Waals surface area (Å²) in [5, 5.41) is 16.5. The van der Waals surface area contributed by atoms with E-state index in [0.717, 1.165) is 203 Å². The molecule has 123 heavy (non-hydrogen) atoms. The van der Waals surface area contributed by atoms with Crippen molar-refractivity contribution >= 4 is 130 Å². The number of benzene rings is 22. The molecule has 0 unspecified atom stereocenters. The van der Waals surface area contributed by atoms with Crippen LogP contribution in [0, 0.1) is 0 Å². The largest absolute Gasteiger partial charge is 0.456 e. The van der Waals surface area contributed by atoms with Gasteiger partial charge >= 0.3 is 0 Å². The second kappa shape index (κ2) is 30.6. The van der Waals surface area contributed by atoms with Crippen molar-refractivity contribution in [1.29, 1.82) is 0 Å². The van der Waals surface area contributed by atoms with Gasteiger partial charge in [-0.25, -0.2) is 0 Å². The van der Waals surface area contributed by atoms with Gasteiger partial charge in [-0.3, -0.25) is 0 Å². The van der Waals surface area contributed by atoms with E-state index in [4.69, 9.17) is 33.8 Å². The Morgan fingerprint density at radius 3 is 0.691 bits per heavy atom. The highest BCUT2D eigenvalue weighted by molar-refractivity contribution is 6.30. The highest BCUT2D eigenvalue weighted by atomic mass is 16.3. The Kier molecular flexibility index (Phi) is 14.4. The Hall–Kier alpha value is -16.2. The van der Waals surface area contributed by atoms with Gasteiger partial charge in [-0.1, -0.05) is 406 Å². The van der Waals surface area contributed by atoms with Crippen molar-refractivity contribution in [1.82, 2.24) is 0 Å². The summed E-state index contributed by atoms with van der Waals surface area (Å²) in [7, 11) is 0. The predicted molar refractivity (Wildman–Crippen MR) is 521 cm³/mol. The van der Waals surface area contributed by atoms with Crippen LogP contribution in [0.5, 0.6) is 0 Å². The van der Waals surface area contributed by atoms with Gasteiger partial charge < -0.3 is 13.3 Å². The molecule has 3 nitrogen and oxygen atoms in total. The summed E-state index contributed by atoms with van der Waals surface area (Å²) in [5.41, 5.74) is 22.2. The van der Waals surface area contributed by atoms with Gasteiger partial charge in [0.05, 0.1) is 20.6 Å². The highest BCUT2D eigenvalue weighted by Crippen LogP contribution is 2.52. The number of rotatable bonds is 10. The van der Waals surface area contributed by atoms with Crippen LogP contribution < -0.4 is 0 Å². The molecule has 0 fully saturated rings. The van der Waals surface area contributed by atoms with Crippen LogP contribution in [0.1, 0.15) is 20.6 Å². The van der Waals surface area contributed by atoms with Crippen molar-refractivity contribution < 1.29 is 33.8 Å². The van der Waals surface area contributed by atoms with Crippen molar-refractivity contribution in [2.45, 2.75) is 0 Å². The fourth-order valence-corrected chi connectivity index (χ4v) is 18.6. The average Bonchev–Trinajstić information content (AvgIpc) is 1.16. The third-order valence-corrected chi connectivity index (χ3v) is 23.9. The van der Waals surface area contributed by atoms with E-state index in [1.807, 2.05) is 224 Å². The molecule has 3 heterocycles. The Labute approximate surface area is 732 Å². The lowest BCUT2D eigenvalue weighted by Gasteiger charge is -2.18. The van der Waals surface area contributed by atoms with E-state index in [1.165, 1.54) is 5.56 Å². The maximum absolute atomic E-state index is 8.88. The maximum atomic E-state index is 8.88. The molecule has 25 rings (SSSR count). The SMILES string of the molecule is [2H]c1c([2H])c([2H])c(-c2c3ccccc3c(-c3cccc4oc5cc(-c6ccccc6)ccc5c34)c3ccccc23)c([2H])c1[2H].[2H]c1c([2H])c([2H])c(-c2c3ccccc3c(-c3cccc4oc5ccc(-c6ccc(-c7ccccc7)cc6)cc5c34)c3ccccc23)c([2H])c1[2H].[2H]c1c([2H])c([2H])c(-c2c3ccccc3c(-c3cccc4oc5ccc(-c6ccccc6)cc5c34)c3ccccc23)c([2H])c1[2H]. The minimum Gasteiger partial charge on any atom is -0.456 e. The molecule has 0 atom stereocenters. The molecule has 0 aliphatic rings. The first-order valence-corrected chi connectivity index (χ1v) is 40.9. The second-order valence-electron chi connectivity index (χ2n) is 30.7. The quantitative estimate of drug-likeness (QED) is 0.128. The van der Waals surface area contributed by atoms with Crippen molar-refractivity contribution in [2.24, 2.45) is 0 Å². The molecule has 0 saturated heterocycles. The van der Waals surface area contributed by atoms with Crippen LogP contribution in [-0.2, 0) is 0 Å². The van der Waals surface area contributed by atoms with Crippen LogP contribution in [0.4, 0.5) is 0 Å². The fraction of sp³-hybridized carbons (Fsp3) is 0. The number of furan rings is 3. The lowest BCUT2D eigenvalue weighted by molar-refractivity contribution is 0.668. The topological polar surface area (TPSA) is 39.4 Å². The Bertz CT molecular complexity index is 9130. The lowest BCUT2D eigenvalue weighted by atomic mass is 9.85. The molecule has 0 aliphatic carbocycles. The maximum Gasteiger partial charge on any atom is 0.136 e. The zero-order valence-electron chi connectivity index (χ0n) is 80.9. The molecule has 3 heteroatoms. The van der Waals surface area contributed by atoms with Crippen LogP contribution in [0.25, 0.3) is 242 Å². The molecule has 0 aliphatic heterocycles. The third kappa shape index (κ3) is 12.6. The van der Waals surface area contributed by atoms with Gasteiger partial charge in [0.15, 0.2) is 0 Å². The zero-order chi connectivity index (χ0) is 94.3. The number of hydrogen-bond donors (Lipinski definition) is 0. The van der Waals surface area contributed by atoms with E-state index < -0.39 is 18.1 Å². The molecule has 0 amide bonds. The molecule has 0 spiro atoms. The highest BCUT2D eigenvalue weighted by Gasteiger charge is 2.26. The first-order chi connectivity index (χ1) is 67.3. The predicted octanol–water partition coefficient (Wildman–Crippen LogP) is 34.3. The normalized spacial score (nSPS) is 13.3. The van der Waals surface area contributed by atoms with Gasteiger partial charge in [-0.15, -0.1) is 0 Å². The summed E-state index contributed by atoms with van der Waals surface area (Å²) in [6, 6.07) is 120. The second-order valence-corrected chi connectivity index (χ2v) is 30.7. The minimum atomic E-state index is -0.404. The van der Waals surface area contributed by atoms with Crippen molar-refractivity contribution in [3.63, 3.8) is 0 Å². The van der Waals surface area contributed by atoms with Crippen LogP contribution in [-0.4, -0.2) is 0 Å². The number of fused-ring (bicyclic) bond motifs is 15. The summed E-state index contributed by atoms with van der Waals surface area (Å²) in [6.45, 7) is 0. The molecule has 0 N–H and O–H groups in total. The molecule has 3 aromatic heterocycles. The van der Waals surface area contributed by atoms with E-state index >= 15 is 0 Å². The van der Waals surface area contributed by atoms with Gasteiger partial charge in [-0.05, 0) is 231 Å². The van der Waals surface area contributed by atoms with Gasteiger partial charge in [0.1, 0.15) is 33.5 Å². The van der Waals surface area contributed by atoms with E-state index in [-0.39, 0.29) is 89.2 Å². The Morgan fingerprint density at radius 2 is 0.374 bits per heavy atom. The van der Waals surface area contributed by atoms with Gasteiger partial charge in [0.25, 0.3) is 0 Å². The summed E-state index contributed by atoms with van der Waals surface area (Å²) in [5.74, 6) is 0. The van der Waals surface area contributed by atoms with Crippen molar-refractivity contribution in [3.8, 4) is 111 Å². The zero-order valence-corrected chi connectivity index (χ0v) is 65.9. The molecule has 0 radical (unpaired) electrons. The lowest BCUT2D eigenvalue weighted by Crippen LogP contribution is -1.91. The standard InChI is InChI=1S/C44H28O.2C38H24O/c1-3-12-29(13-4-1)30-22-24-31(25-23-30)33-26-27-40-39(28-33)44-38(20-11-21-41(44)45-40)43-36-18-9-7-16-34(36)42(32-14-5-2-6-15-32)35-17-8-10-19-37(35)43;1-3-12-25(13-4-1)27-22-23-32-35(24-27)39-34-21-11-20-33(38(32)34)37-30-18-9-7-16-28(30)36(26-14-5-2-6-15-26)29-17-8-10-19-31(29)37;1-3-12-25(13-4-1)27-22-23-34-33(24-27)38-32(20-11-21-35(38)39-34)37-30-18-9-7-16-28(30)36(26-14-5-2-6-15-26)29-17-8-10-19-31(29)37/h1-28H;2*1-24H/i3*2D,5D,6D,14D,15D. The van der Waals surface area contributed by atoms with Crippen LogP contribution in [0.3, 0.4) is 0 Å². The number of hydrogen-bond acceptors (Lipinski definition) is 3. The van der Waals surface area contributed by atoms with Gasteiger partial charge in [0.2, 0.25) is 0 Å². The van der Waals surface area contributed by atoms with E-state index in [1.54, 1.807) is 0 Å². The molecule has 0 saturated carbocycles. The van der Waals surface area contributed by atoms with Gasteiger partial charge in [0, 0.05) is 32.3 Å². The molecular weight excluding hydrogens is 1490 g/mol. The molecular formula is C120H76O3. The van der Waals surface area contributed by atoms with Crippen LogP contribution >= 0.6 is 0 Å². The van der Waals surface area contributed by atoms with Gasteiger partial charge in [-0.2, -0.15) is 0 Å². The molecule has 0 bridgehead atoms. The van der Waals surface area contributed by atoms with Crippen LogP contribution in [0.2, 0.25) is 0 Å². The van der Waals surface area contributed by atoms with Crippen molar-refractivity contribution in [2.75, 3.05) is 0 Å². The minimum absolute atomic E-state index is 0.199. The molecule has 25 aromatic rings. The van der Waals surface area contributed by atoms with Crippen molar-refractivity contribution in [3.05, 3.63) is 461 Å². The van der Waals surface area contributed by atoms with E-state index in [0.29, 0.717) is 16.7 Å². The molecule has 574 valence electrons. The molecule has 22 aromatic carbocycles. The monoisotopic (exact) mass is 1580 g/mol. The fourth-order valence-electron chi connectivity index (χ4n) is 18.6. The smallest absolute Gasteiger partial charge is 0.136 e.